The van der Waals surface area contributed by atoms with Crippen LogP contribution >= 0.6 is 0 Å². The second kappa shape index (κ2) is 6.89. The number of likely N-dealkylation sites (tertiary alicyclic amines) is 1. The summed E-state index contributed by atoms with van der Waals surface area (Å²) >= 11 is 0. The Morgan fingerprint density at radius 3 is 2.63 bits per heavy atom. The van der Waals surface area contributed by atoms with Crippen molar-refractivity contribution in [3.63, 3.8) is 0 Å². The molecule has 2 aliphatic rings. The van der Waals surface area contributed by atoms with Gasteiger partial charge in [0.05, 0.1) is 13.2 Å². The van der Waals surface area contributed by atoms with E-state index in [2.05, 4.69) is 6.92 Å². The van der Waals surface area contributed by atoms with Gasteiger partial charge in [0.1, 0.15) is 6.04 Å². The Kier molecular flexibility index (Phi) is 5.19. The van der Waals surface area contributed by atoms with E-state index in [0.717, 1.165) is 32.2 Å². The minimum atomic E-state index is -0.220. The van der Waals surface area contributed by atoms with Crippen molar-refractivity contribution in [2.24, 2.45) is 0 Å². The Morgan fingerprint density at radius 2 is 1.95 bits per heavy atom. The molecule has 2 fully saturated rings. The monoisotopic (exact) mass is 268 g/mol. The van der Waals surface area contributed by atoms with Crippen molar-refractivity contribution in [2.75, 3.05) is 32.8 Å². The summed E-state index contributed by atoms with van der Waals surface area (Å²) in [5.74, 6) is 0.261. The number of hydrogen-bond donors (Lipinski definition) is 0. The van der Waals surface area contributed by atoms with E-state index in [1.54, 1.807) is 4.90 Å². The lowest BCUT2D eigenvalue weighted by Crippen LogP contribution is -2.51. The molecule has 5 nitrogen and oxygen atoms in total. The summed E-state index contributed by atoms with van der Waals surface area (Å²) in [6.45, 7) is 5.36. The highest BCUT2D eigenvalue weighted by atomic mass is 16.5. The minimum absolute atomic E-state index is 0.116. The van der Waals surface area contributed by atoms with Gasteiger partial charge in [-0.15, -0.1) is 0 Å². The van der Waals surface area contributed by atoms with Gasteiger partial charge in [0.2, 0.25) is 11.8 Å². The van der Waals surface area contributed by atoms with E-state index in [9.17, 15) is 9.59 Å². The lowest BCUT2D eigenvalue weighted by molar-refractivity contribution is -0.146. The van der Waals surface area contributed by atoms with E-state index in [0.29, 0.717) is 32.7 Å². The van der Waals surface area contributed by atoms with E-state index in [-0.39, 0.29) is 17.9 Å². The Morgan fingerprint density at radius 1 is 1.21 bits per heavy atom. The fourth-order valence-corrected chi connectivity index (χ4v) is 2.79. The molecule has 108 valence electrons. The fourth-order valence-electron chi connectivity index (χ4n) is 2.79. The number of carbonyl (C=O) groups excluding carboxylic acids is 2. The third-order valence-corrected chi connectivity index (χ3v) is 3.93. The van der Waals surface area contributed by atoms with Crippen molar-refractivity contribution < 1.29 is 14.3 Å². The van der Waals surface area contributed by atoms with E-state index >= 15 is 0 Å². The highest BCUT2D eigenvalue weighted by molar-refractivity contribution is 5.88. The molecule has 19 heavy (non-hydrogen) atoms. The summed E-state index contributed by atoms with van der Waals surface area (Å²) in [5.41, 5.74) is 0. The number of nitrogens with zero attached hydrogens (tertiary/aromatic N) is 2. The van der Waals surface area contributed by atoms with Crippen molar-refractivity contribution in [1.29, 1.82) is 0 Å². The Bertz CT molecular complexity index is 327. The molecule has 2 rings (SSSR count). The van der Waals surface area contributed by atoms with Crippen LogP contribution in [0.15, 0.2) is 0 Å². The molecule has 2 heterocycles. The quantitative estimate of drug-likeness (QED) is 0.765. The van der Waals surface area contributed by atoms with Gasteiger partial charge in [-0.1, -0.05) is 13.3 Å². The van der Waals surface area contributed by atoms with Crippen LogP contribution in [0.2, 0.25) is 0 Å². The molecule has 0 aromatic rings. The summed E-state index contributed by atoms with van der Waals surface area (Å²) < 4.78 is 5.27. The SMILES string of the molecule is CCCCC(=O)N1CCC[C@H]1C(=O)N1CCOCC1. The number of amides is 2. The van der Waals surface area contributed by atoms with Crippen molar-refractivity contribution >= 4 is 11.8 Å². The molecule has 0 aliphatic carbocycles. The van der Waals surface area contributed by atoms with Crippen LogP contribution < -0.4 is 0 Å². The topological polar surface area (TPSA) is 49.9 Å². The van der Waals surface area contributed by atoms with Gasteiger partial charge in [0.25, 0.3) is 0 Å². The number of morpholine rings is 1. The van der Waals surface area contributed by atoms with Gasteiger partial charge in [0.15, 0.2) is 0 Å². The van der Waals surface area contributed by atoms with Crippen LogP contribution in [0, 0.1) is 0 Å². The van der Waals surface area contributed by atoms with Gasteiger partial charge in [-0.2, -0.15) is 0 Å². The maximum Gasteiger partial charge on any atom is 0.245 e. The maximum atomic E-state index is 12.5. The number of ether oxygens (including phenoxy) is 1. The summed E-state index contributed by atoms with van der Waals surface area (Å²) in [4.78, 5) is 28.2. The predicted octanol–water partition coefficient (Wildman–Crippen LogP) is 1.03. The fraction of sp³-hybridized carbons (Fsp3) is 0.857. The zero-order chi connectivity index (χ0) is 13.7. The van der Waals surface area contributed by atoms with Crippen LogP contribution in [0.25, 0.3) is 0 Å². The molecule has 0 aromatic carbocycles. The Balaban J connectivity index is 1.93. The Labute approximate surface area is 114 Å². The van der Waals surface area contributed by atoms with E-state index in [1.165, 1.54) is 0 Å². The van der Waals surface area contributed by atoms with Crippen molar-refractivity contribution in [3.05, 3.63) is 0 Å². The smallest absolute Gasteiger partial charge is 0.245 e. The van der Waals surface area contributed by atoms with Gasteiger partial charge < -0.3 is 14.5 Å². The van der Waals surface area contributed by atoms with Crippen LogP contribution in [0.1, 0.15) is 39.0 Å². The van der Waals surface area contributed by atoms with Crippen LogP contribution in [-0.2, 0) is 14.3 Å². The molecular formula is C14H24N2O3. The number of unbranched alkanes of at least 4 members (excludes halogenated alkanes) is 1. The average Bonchev–Trinajstić information content (AvgIpc) is 2.94. The van der Waals surface area contributed by atoms with E-state index in [4.69, 9.17) is 4.74 Å². The predicted molar refractivity (Wildman–Crippen MR) is 71.7 cm³/mol. The summed E-state index contributed by atoms with van der Waals surface area (Å²) in [5, 5.41) is 0. The van der Waals surface area contributed by atoms with Crippen molar-refractivity contribution in [1.82, 2.24) is 9.80 Å². The van der Waals surface area contributed by atoms with Gasteiger partial charge in [-0.3, -0.25) is 9.59 Å². The van der Waals surface area contributed by atoms with Crippen LogP contribution in [0.3, 0.4) is 0 Å². The minimum Gasteiger partial charge on any atom is -0.378 e. The molecule has 2 amide bonds. The Hall–Kier alpha value is -1.10. The zero-order valence-electron chi connectivity index (χ0n) is 11.8. The number of rotatable bonds is 4. The molecular weight excluding hydrogens is 244 g/mol. The summed E-state index contributed by atoms with van der Waals surface area (Å²) in [7, 11) is 0. The summed E-state index contributed by atoms with van der Waals surface area (Å²) in [6.07, 6.45) is 4.26. The number of carbonyl (C=O) groups is 2. The van der Waals surface area contributed by atoms with Gasteiger partial charge in [-0.05, 0) is 19.3 Å². The van der Waals surface area contributed by atoms with Crippen LogP contribution in [0.5, 0.6) is 0 Å². The van der Waals surface area contributed by atoms with Gasteiger partial charge in [0, 0.05) is 26.1 Å². The van der Waals surface area contributed by atoms with Crippen molar-refractivity contribution in [3.8, 4) is 0 Å². The first-order chi connectivity index (χ1) is 9.24. The zero-order valence-corrected chi connectivity index (χ0v) is 11.8. The first kappa shape index (κ1) is 14.3. The van der Waals surface area contributed by atoms with Crippen molar-refractivity contribution in [2.45, 2.75) is 45.1 Å². The molecule has 0 radical (unpaired) electrons. The van der Waals surface area contributed by atoms with Crippen LogP contribution in [-0.4, -0.2) is 60.5 Å². The van der Waals surface area contributed by atoms with E-state index in [1.807, 2.05) is 4.90 Å². The highest BCUT2D eigenvalue weighted by Gasteiger charge is 2.36. The third-order valence-electron chi connectivity index (χ3n) is 3.93. The lowest BCUT2D eigenvalue weighted by Gasteiger charge is -2.32. The van der Waals surface area contributed by atoms with Gasteiger partial charge >= 0.3 is 0 Å². The van der Waals surface area contributed by atoms with Gasteiger partial charge in [-0.25, -0.2) is 0 Å². The normalized spacial score (nSPS) is 23.7. The second-order valence-corrected chi connectivity index (χ2v) is 5.29. The molecule has 0 spiro atoms. The molecule has 0 saturated carbocycles. The molecule has 5 heteroatoms. The molecule has 0 bridgehead atoms. The first-order valence-electron chi connectivity index (χ1n) is 7.40. The maximum absolute atomic E-state index is 12.5. The molecule has 1 atom stereocenters. The average molecular weight is 268 g/mol. The second-order valence-electron chi connectivity index (χ2n) is 5.29. The first-order valence-corrected chi connectivity index (χ1v) is 7.40. The largest absolute Gasteiger partial charge is 0.378 e. The molecule has 0 N–H and O–H groups in total. The van der Waals surface area contributed by atoms with E-state index < -0.39 is 0 Å². The van der Waals surface area contributed by atoms with Crippen LogP contribution in [0.4, 0.5) is 0 Å². The molecule has 0 aromatic heterocycles. The number of hydrogen-bond acceptors (Lipinski definition) is 3. The lowest BCUT2D eigenvalue weighted by atomic mass is 10.1. The molecule has 2 saturated heterocycles. The highest BCUT2D eigenvalue weighted by Crippen LogP contribution is 2.21. The summed E-state index contributed by atoms with van der Waals surface area (Å²) in [6, 6.07) is -0.220. The standard InChI is InChI=1S/C14H24N2O3/c1-2-3-6-13(17)16-7-4-5-12(16)14(18)15-8-10-19-11-9-15/h12H,2-11H2,1H3/t12-/m0/s1. The third kappa shape index (κ3) is 3.47. The molecule has 2 aliphatic heterocycles. The molecule has 0 unspecified atom stereocenters.